The van der Waals surface area contributed by atoms with Crippen LogP contribution in [0.1, 0.15) is 11.3 Å². The van der Waals surface area contributed by atoms with Crippen molar-refractivity contribution in [3.63, 3.8) is 0 Å². The van der Waals surface area contributed by atoms with E-state index < -0.39 is 0 Å². The number of aryl methyl sites for hydroxylation is 2. The molecule has 156 valence electrons. The van der Waals surface area contributed by atoms with Crippen molar-refractivity contribution < 1.29 is 4.42 Å². The number of pyridine rings is 1. The van der Waals surface area contributed by atoms with Crippen LogP contribution < -0.4 is 0 Å². The summed E-state index contributed by atoms with van der Waals surface area (Å²) in [4.78, 5) is 4.91. The lowest BCUT2D eigenvalue weighted by Crippen LogP contribution is -2.01. The second-order valence-electron chi connectivity index (χ2n) is 8.70. The first-order valence-corrected chi connectivity index (χ1v) is 11.4. The van der Waals surface area contributed by atoms with Crippen LogP contribution >= 0.6 is 0 Å². The smallest absolute Gasteiger partial charge is 0.138 e. The molecule has 0 saturated heterocycles. The van der Waals surface area contributed by atoms with E-state index in [9.17, 15) is 0 Å². The number of nitrogens with zero attached hydrogens (tertiary/aromatic N) is 1. The average Bonchev–Trinajstić information content (AvgIpc) is 3.28. The summed E-state index contributed by atoms with van der Waals surface area (Å²) < 4.78 is 6.37. The van der Waals surface area contributed by atoms with Crippen molar-refractivity contribution in [3.05, 3.63) is 115 Å². The molecule has 0 bridgehead atoms. The molecule has 1 aliphatic rings. The molecule has 0 N–H and O–H groups in total. The summed E-state index contributed by atoms with van der Waals surface area (Å²) in [5.74, 6) is 1.07. The van der Waals surface area contributed by atoms with Gasteiger partial charge in [-0.1, -0.05) is 78.9 Å². The number of rotatable bonds is 2. The molecule has 0 fully saturated rings. The lowest BCUT2D eigenvalue weighted by Gasteiger charge is -2.16. The number of aromatic nitrogens is 1. The van der Waals surface area contributed by atoms with Gasteiger partial charge in [0.05, 0.1) is 11.1 Å². The molecule has 0 aliphatic heterocycles. The number of fused-ring (bicyclic) bond motifs is 6. The fraction of sp³-hybridized carbons (Fsp3) is 0.0645. The van der Waals surface area contributed by atoms with E-state index in [4.69, 9.17) is 9.40 Å². The Morgan fingerprint density at radius 1 is 0.667 bits per heavy atom. The molecule has 0 amide bonds. The van der Waals surface area contributed by atoms with Gasteiger partial charge in [-0.2, -0.15) is 0 Å². The van der Waals surface area contributed by atoms with Crippen LogP contribution in [0.5, 0.6) is 0 Å². The fourth-order valence-corrected chi connectivity index (χ4v) is 5.31. The molecule has 1 aliphatic carbocycles. The Bertz CT molecular complexity index is 1660. The molecular weight excluding hydrogens is 402 g/mol. The molecule has 0 atom stereocenters. The maximum absolute atomic E-state index is 6.37. The molecule has 33 heavy (non-hydrogen) atoms. The van der Waals surface area contributed by atoms with Crippen LogP contribution in [0.3, 0.4) is 0 Å². The van der Waals surface area contributed by atoms with Gasteiger partial charge in [-0.05, 0) is 57.6 Å². The quantitative estimate of drug-likeness (QED) is 0.281. The molecule has 2 nitrogen and oxygen atoms in total. The minimum Gasteiger partial charge on any atom is -0.460 e. The van der Waals surface area contributed by atoms with Crippen molar-refractivity contribution in [3.8, 4) is 33.5 Å². The first kappa shape index (κ1) is 18.4. The third-order valence-electron chi connectivity index (χ3n) is 6.80. The molecule has 0 radical (unpaired) electrons. The van der Waals surface area contributed by atoms with Gasteiger partial charge in [0.1, 0.15) is 11.3 Å². The van der Waals surface area contributed by atoms with E-state index in [1.165, 1.54) is 38.6 Å². The Morgan fingerprint density at radius 2 is 1.48 bits per heavy atom. The predicted octanol–water partition coefficient (Wildman–Crippen LogP) is 8.08. The summed E-state index contributed by atoms with van der Waals surface area (Å²) in [6.07, 6.45) is 3.81. The molecule has 4 aromatic carbocycles. The summed E-state index contributed by atoms with van der Waals surface area (Å²) in [6, 6.07) is 34.4. The van der Waals surface area contributed by atoms with E-state index in [2.05, 4.69) is 91.0 Å². The average molecular weight is 424 g/mol. The van der Waals surface area contributed by atoms with Gasteiger partial charge in [-0.25, -0.2) is 0 Å². The number of hydrogen-bond acceptors (Lipinski definition) is 2. The highest BCUT2D eigenvalue weighted by Gasteiger charge is 2.25. The predicted molar refractivity (Wildman–Crippen MR) is 135 cm³/mol. The number of benzene rings is 4. The Hall–Kier alpha value is -4.17. The highest BCUT2D eigenvalue weighted by molar-refractivity contribution is 6.08. The molecule has 7 rings (SSSR count). The SMILES string of the molecule is c1ccc(-c2cc(-c3nccc4oc5c(c34)-c3ccccc3CC5)cc3ccccc23)cc1. The normalized spacial score (nSPS) is 12.6. The summed E-state index contributed by atoms with van der Waals surface area (Å²) >= 11 is 0. The van der Waals surface area contributed by atoms with Gasteiger partial charge in [0.2, 0.25) is 0 Å². The summed E-state index contributed by atoms with van der Waals surface area (Å²) in [7, 11) is 0. The maximum atomic E-state index is 6.37. The number of hydrogen-bond donors (Lipinski definition) is 0. The van der Waals surface area contributed by atoms with Crippen molar-refractivity contribution in [2.45, 2.75) is 12.8 Å². The van der Waals surface area contributed by atoms with Crippen LogP contribution in [0.2, 0.25) is 0 Å². The van der Waals surface area contributed by atoms with E-state index in [1.807, 2.05) is 12.3 Å². The van der Waals surface area contributed by atoms with Gasteiger partial charge >= 0.3 is 0 Å². The highest BCUT2D eigenvalue weighted by Crippen LogP contribution is 2.45. The number of furan rings is 1. The van der Waals surface area contributed by atoms with Crippen molar-refractivity contribution in [1.82, 2.24) is 4.98 Å². The third kappa shape index (κ3) is 2.84. The van der Waals surface area contributed by atoms with Crippen molar-refractivity contribution >= 4 is 21.7 Å². The van der Waals surface area contributed by atoms with Gasteiger partial charge in [0, 0.05) is 23.7 Å². The zero-order valence-electron chi connectivity index (χ0n) is 18.1. The van der Waals surface area contributed by atoms with E-state index >= 15 is 0 Å². The Kier molecular flexibility index (Phi) is 4.00. The van der Waals surface area contributed by atoms with Crippen LogP contribution in [-0.4, -0.2) is 4.98 Å². The van der Waals surface area contributed by atoms with Crippen molar-refractivity contribution in [1.29, 1.82) is 0 Å². The minimum atomic E-state index is 0.913. The molecule has 2 heteroatoms. The molecule has 0 saturated carbocycles. The standard InChI is InChI=1S/C31H21NO/c1-2-8-20(9-3-1)26-19-23(18-22-11-5-6-12-24(22)26)31-30-28(16-17-32-31)33-27-15-14-21-10-4-7-13-25(21)29(27)30/h1-13,16-19H,14-15H2. The van der Waals surface area contributed by atoms with Crippen LogP contribution in [-0.2, 0) is 12.8 Å². The fourth-order valence-electron chi connectivity index (χ4n) is 5.31. The molecule has 6 aromatic rings. The van der Waals surface area contributed by atoms with E-state index in [1.54, 1.807) is 0 Å². The van der Waals surface area contributed by atoms with Gasteiger partial charge in [-0.3, -0.25) is 4.98 Å². The largest absolute Gasteiger partial charge is 0.460 e. The zero-order chi connectivity index (χ0) is 21.8. The molecule has 2 aromatic heterocycles. The van der Waals surface area contributed by atoms with Gasteiger partial charge in [0.15, 0.2) is 0 Å². The molecule has 0 spiro atoms. The second kappa shape index (κ2) is 7.18. The lowest BCUT2D eigenvalue weighted by atomic mass is 9.87. The van der Waals surface area contributed by atoms with E-state index in [-0.39, 0.29) is 0 Å². The van der Waals surface area contributed by atoms with Crippen LogP contribution in [0.4, 0.5) is 0 Å². The van der Waals surface area contributed by atoms with Crippen molar-refractivity contribution in [2.75, 3.05) is 0 Å². The third-order valence-corrected chi connectivity index (χ3v) is 6.80. The monoisotopic (exact) mass is 423 g/mol. The maximum Gasteiger partial charge on any atom is 0.138 e. The Morgan fingerprint density at radius 3 is 2.42 bits per heavy atom. The summed E-state index contributed by atoms with van der Waals surface area (Å²) in [5.41, 5.74) is 9.31. The Labute approximate surface area is 192 Å². The van der Waals surface area contributed by atoms with Gasteiger partial charge < -0.3 is 4.42 Å². The van der Waals surface area contributed by atoms with Gasteiger partial charge in [-0.15, -0.1) is 0 Å². The van der Waals surface area contributed by atoms with Crippen molar-refractivity contribution in [2.24, 2.45) is 0 Å². The molecule has 2 heterocycles. The topological polar surface area (TPSA) is 26.0 Å². The first-order chi connectivity index (χ1) is 16.4. The second-order valence-corrected chi connectivity index (χ2v) is 8.70. The van der Waals surface area contributed by atoms with Crippen LogP contribution in [0.15, 0.2) is 108 Å². The van der Waals surface area contributed by atoms with E-state index in [0.717, 1.165) is 40.8 Å². The molecule has 0 unspecified atom stereocenters. The first-order valence-electron chi connectivity index (χ1n) is 11.4. The highest BCUT2D eigenvalue weighted by atomic mass is 16.3. The Balaban J connectivity index is 1.55. The van der Waals surface area contributed by atoms with Crippen LogP contribution in [0.25, 0.3) is 55.3 Å². The molecular formula is C31H21NO. The minimum absolute atomic E-state index is 0.913. The van der Waals surface area contributed by atoms with Crippen LogP contribution in [0, 0.1) is 0 Å². The zero-order valence-corrected chi connectivity index (χ0v) is 18.1. The summed E-state index contributed by atoms with van der Waals surface area (Å²) in [5, 5.41) is 3.58. The van der Waals surface area contributed by atoms with Gasteiger partial charge in [0.25, 0.3) is 0 Å². The lowest BCUT2D eigenvalue weighted by molar-refractivity contribution is 0.546. The summed E-state index contributed by atoms with van der Waals surface area (Å²) in [6.45, 7) is 0. The van der Waals surface area contributed by atoms with E-state index in [0.29, 0.717) is 0 Å².